The summed E-state index contributed by atoms with van der Waals surface area (Å²) in [6.45, 7) is 2.08. The highest BCUT2D eigenvalue weighted by molar-refractivity contribution is 5.80. The zero-order valence-electron chi connectivity index (χ0n) is 19.5. The number of aryl methyl sites for hydroxylation is 1. The van der Waals surface area contributed by atoms with Gasteiger partial charge < -0.3 is 15.3 Å². The number of hydrogen-bond acceptors (Lipinski definition) is 3. The lowest BCUT2D eigenvalue weighted by Gasteiger charge is -2.33. The van der Waals surface area contributed by atoms with Gasteiger partial charge in [0.15, 0.2) is 0 Å². The number of benzene rings is 3. The largest absolute Gasteiger partial charge is 0.481 e. The highest BCUT2D eigenvalue weighted by Crippen LogP contribution is 2.32. The molecule has 5 heteroatoms. The molecule has 1 unspecified atom stereocenters. The molecule has 2 N–H and O–H groups in total. The van der Waals surface area contributed by atoms with Crippen LogP contribution in [0.25, 0.3) is 0 Å². The van der Waals surface area contributed by atoms with Gasteiger partial charge in [0.25, 0.3) is 0 Å². The molecular weight excluding hydrogens is 424 g/mol. The minimum absolute atomic E-state index is 0.0411. The lowest BCUT2D eigenvalue weighted by Crippen LogP contribution is -2.34. The molecule has 0 spiro atoms. The van der Waals surface area contributed by atoms with E-state index < -0.39 is 5.97 Å². The van der Waals surface area contributed by atoms with Crippen LogP contribution in [0.5, 0.6) is 0 Å². The molecule has 34 heavy (non-hydrogen) atoms. The van der Waals surface area contributed by atoms with Crippen molar-refractivity contribution in [2.75, 3.05) is 18.0 Å². The SMILES string of the molecule is O=C(O)CCc1ccc(CC(=O)NC(c2ccccc2)c2ccccc2N2CCCCC2)cc1. The highest BCUT2D eigenvalue weighted by Gasteiger charge is 2.23. The quantitative estimate of drug-likeness (QED) is 0.468. The van der Waals surface area contributed by atoms with Crippen molar-refractivity contribution in [3.8, 4) is 0 Å². The molecule has 1 saturated heterocycles. The molecule has 1 amide bonds. The fourth-order valence-electron chi connectivity index (χ4n) is 4.61. The Hall–Kier alpha value is -3.60. The Morgan fingerprint density at radius 2 is 1.47 bits per heavy atom. The molecule has 1 fully saturated rings. The van der Waals surface area contributed by atoms with Crippen LogP contribution in [0.3, 0.4) is 0 Å². The predicted molar refractivity (Wildman–Crippen MR) is 135 cm³/mol. The van der Waals surface area contributed by atoms with E-state index in [0.717, 1.165) is 35.3 Å². The zero-order valence-corrected chi connectivity index (χ0v) is 19.5. The summed E-state index contributed by atoms with van der Waals surface area (Å²) >= 11 is 0. The molecule has 1 atom stereocenters. The average molecular weight is 457 g/mol. The van der Waals surface area contributed by atoms with Crippen molar-refractivity contribution < 1.29 is 14.7 Å². The number of nitrogens with one attached hydrogen (secondary N) is 1. The molecule has 3 aromatic carbocycles. The third-order valence-electron chi connectivity index (χ3n) is 6.40. The predicted octanol–water partition coefficient (Wildman–Crippen LogP) is 5.14. The molecule has 1 heterocycles. The number of carbonyl (C=O) groups excluding carboxylic acids is 1. The first kappa shape index (κ1) is 23.6. The second kappa shape index (κ2) is 11.5. The van der Waals surface area contributed by atoms with Crippen LogP contribution in [0, 0.1) is 0 Å². The summed E-state index contributed by atoms with van der Waals surface area (Å²) in [5.74, 6) is -0.846. The van der Waals surface area contributed by atoms with Crippen LogP contribution in [-0.4, -0.2) is 30.1 Å². The molecular formula is C29H32N2O3. The Balaban J connectivity index is 1.53. The summed E-state index contributed by atoms with van der Waals surface area (Å²) < 4.78 is 0. The van der Waals surface area contributed by atoms with Crippen molar-refractivity contribution in [1.29, 1.82) is 0 Å². The lowest BCUT2D eigenvalue weighted by molar-refractivity contribution is -0.137. The molecule has 0 bridgehead atoms. The van der Waals surface area contributed by atoms with Gasteiger partial charge in [-0.1, -0.05) is 72.8 Å². The average Bonchev–Trinajstić information content (AvgIpc) is 2.88. The van der Waals surface area contributed by atoms with Crippen molar-refractivity contribution in [2.24, 2.45) is 0 Å². The van der Waals surface area contributed by atoms with Gasteiger partial charge in [0.05, 0.1) is 12.5 Å². The molecule has 1 aliphatic rings. The number of anilines is 1. The smallest absolute Gasteiger partial charge is 0.303 e. The number of rotatable bonds is 9. The molecule has 4 rings (SSSR count). The molecule has 176 valence electrons. The normalized spacial score (nSPS) is 14.4. The van der Waals surface area contributed by atoms with Crippen molar-refractivity contribution >= 4 is 17.6 Å². The van der Waals surface area contributed by atoms with Gasteiger partial charge in [-0.25, -0.2) is 0 Å². The molecule has 0 radical (unpaired) electrons. The van der Waals surface area contributed by atoms with E-state index in [4.69, 9.17) is 5.11 Å². The van der Waals surface area contributed by atoms with Gasteiger partial charge in [-0.05, 0) is 48.4 Å². The van der Waals surface area contributed by atoms with Crippen molar-refractivity contribution in [2.45, 2.75) is 44.6 Å². The number of carboxylic acid groups (broad SMARTS) is 1. The second-order valence-corrected chi connectivity index (χ2v) is 8.90. The van der Waals surface area contributed by atoms with Gasteiger partial charge in [0.1, 0.15) is 0 Å². The molecule has 0 aromatic heterocycles. The Morgan fingerprint density at radius 3 is 2.18 bits per heavy atom. The summed E-state index contributed by atoms with van der Waals surface area (Å²) in [5.41, 5.74) is 5.24. The van der Waals surface area contributed by atoms with Crippen molar-refractivity contribution in [1.82, 2.24) is 5.32 Å². The highest BCUT2D eigenvalue weighted by atomic mass is 16.4. The molecule has 3 aromatic rings. The maximum absolute atomic E-state index is 13.2. The standard InChI is InChI=1S/C29H32N2O3/c32-27(21-23-15-13-22(14-16-23)17-18-28(33)34)30-29(24-9-3-1-4-10-24)25-11-5-6-12-26(25)31-19-7-2-8-20-31/h1,3-6,9-16,29H,2,7-8,17-21H2,(H,30,32)(H,33,34). The number of carbonyl (C=O) groups is 2. The van der Waals surface area contributed by atoms with Crippen molar-refractivity contribution in [3.05, 3.63) is 101 Å². The number of piperidine rings is 1. The van der Waals surface area contributed by atoms with E-state index in [9.17, 15) is 9.59 Å². The van der Waals surface area contributed by atoms with Gasteiger partial charge in [-0.3, -0.25) is 9.59 Å². The van der Waals surface area contributed by atoms with E-state index in [1.54, 1.807) is 0 Å². The summed E-state index contributed by atoms with van der Waals surface area (Å²) in [4.78, 5) is 26.4. The minimum atomic E-state index is -0.805. The van der Waals surface area contributed by atoms with Gasteiger partial charge in [-0.15, -0.1) is 0 Å². The Bertz CT molecular complexity index is 1090. The summed E-state index contributed by atoms with van der Waals surface area (Å²) in [5, 5.41) is 12.2. The van der Waals surface area contributed by atoms with Gasteiger partial charge in [-0.2, -0.15) is 0 Å². The third kappa shape index (κ3) is 6.25. The minimum Gasteiger partial charge on any atom is -0.481 e. The van der Waals surface area contributed by atoms with Crippen LogP contribution in [0.1, 0.15) is 54.0 Å². The van der Waals surface area contributed by atoms with Crippen LogP contribution < -0.4 is 10.2 Å². The van der Waals surface area contributed by atoms with Gasteiger partial charge in [0.2, 0.25) is 5.91 Å². The number of aliphatic carboxylic acids is 1. The van der Waals surface area contributed by atoms with E-state index in [1.807, 2.05) is 48.5 Å². The lowest BCUT2D eigenvalue weighted by atomic mass is 9.95. The third-order valence-corrected chi connectivity index (χ3v) is 6.40. The topological polar surface area (TPSA) is 69.6 Å². The first-order valence-electron chi connectivity index (χ1n) is 12.1. The molecule has 0 aliphatic carbocycles. The second-order valence-electron chi connectivity index (χ2n) is 8.90. The van der Waals surface area contributed by atoms with E-state index in [2.05, 4.69) is 40.5 Å². The van der Waals surface area contributed by atoms with E-state index in [-0.39, 0.29) is 24.8 Å². The fourth-order valence-corrected chi connectivity index (χ4v) is 4.61. The fraction of sp³-hybridized carbons (Fsp3) is 0.310. The Morgan fingerprint density at radius 1 is 0.824 bits per heavy atom. The van der Waals surface area contributed by atoms with Crippen molar-refractivity contribution in [3.63, 3.8) is 0 Å². The zero-order chi connectivity index (χ0) is 23.8. The Kier molecular flexibility index (Phi) is 7.97. The molecule has 1 aliphatic heterocycles. The Labute approximate surface area is 201 Å². The van der Waals surface area contributed by atoms with Crippen LogP contribution in [0.2, 0.25) is 0 Å². The summed E-state index contributed by atoms with van der Waals surface area (Å²) in [6.07, 6.45) is 4.53. The number of hydrogen-bond donors (Lipinski definition) is 2. The monoisotopic (exact) mass is 456 g/mol. The van der Waals surface area contributed by atoms with Crippen LogP contribution in [0.15, 0.2) is 78.9 Å². The maximum Gasteiger partial charge on any atom is 0.303 e. The number of nitrogens with zero attached hydrogens (tertiary/aromatic N) is 1. The maximum atomic E-state index is 13.2. The van der Waals surface area contributed by atoms with Gasteiger partial charge in [0, 0.05) is 30.8 Å². The van der Waals surface area contributed by atoms with Crippen LogP contribution in [0.4, 0.5) is 5.69 Å². The molecule has 0 saturated carbocycles. The van der Waals surface area contributed by atoms with E-state index in [0.29, 0.717) is 6.42 Å². The van der Waals surface area contributed by atoms with Crippen LogP contribution in [-0.2, 0) is 22.4 Å². The first-order valence-corrected chi connectivity index (χ1v) is 12.1. The first-order chi connectivity index (χ1) is 16.6. The number of amides is 1. The van der Waals surface area contributed by atoms with E-state index in [1.165, 1.54) is 24.9 Å². The van der Waals surface area contributed by atoms with Crippen LogP contribution >= 0.6 is 0 Å². The number of para-hydroxylation sites is 1. The van der Waals surface area contributed by atoms with E-state index >= 15 is 0 Å². The number of carboxylic acids is 1. The van der Waals surface area contributed by atoms with Gasteiger partial charge >= 0.3 is 5.97 Å². The molecule has 5 nitrogen and oxygen atoms in total. The summed E-state index contributed by atoms with van der Waals surface area (Å²) in [7, 11) is 0. The summed E-state index contributed by atoms with van der Waals surface area (Å²) in [6, 6.07) is 25.9.